The van der Waals surface area contributed by atoms with Crippen LogP contribution in [0.15, 0.2) is 24.3 Å². The van der Waals surface area contributed by atoms with E-state index in [4.69, 9.17) is 9.47 Å². The maximum atomic E-state index is 13.3. The summed E-state index contributed by atoms with van der Waals surface area (Å²) in [7, 11) is 1.88. The van der Waals surface area contributed by atoms with E-state index in [1.165, 1.54) is 12.0 Å². The highest BCUT2D eigenvalue weighted by Gasteiger charge is 2.44. The molecule has 1 amide bonds. The third-order valence-corrected chi connectivity index (χ3v) is 5.23. The molecular weight excluding hydrogens is 316 g/mol. The third kappa shape index (κ3) is 4.53. The summed E-state index contributed by atoms with van der Waals surface area (Å²) in [4.78, 5) is 15.1. The Labute approximate surface area is 150 Å². The SMILES string of the molecule is Cc1ccc(OC2(C(=O)N(C)CC3CCCCO3)CCNCC2)cc1. The first-order chi connectivity index (χ1) is 12.1. The zero-order chi connectivity index (χ0) is 17.7. The summed E-state index contributed by atoms with van der Waals surface area (Å²) in [6.07, 6.45) is 4.87. The van der Waals surface area contributed by atoms with Crippen molar-refractivity contribution >= 4 is 5.91 Å². The van der Waals surface area contributed by atoms with Gasteiger partial charge >= 0.3 is 0 Å². The zero-order valence-corrected chi connectivity index (χ0v) is 15.4. The largest absolute Gasteiger partial charge is 0.477 e. The molecular formula is C20H30N2O3. The molecule has 2 aliphatic heterocycles. The number of carbonyl (C=O) groups is 1. The fourth-order valence-corrected chi connectivity index (χ4v) is 3.71. The van der Waals surface area contributed by atoms with Gasteiger partial charge in [-0.15, -0.1) is 0 Å². The molecule has 1 aromatic rings. The van der Waals surface area contributed by atoms with Crippen LogP contribution in [0.5, 0.6) is 5.75 Å². The van der Waals surface area contributed by atoms with E-state index in [9.17, 15) is 4.79 Å². The molecule has 25 heavy (non-hydrogen) atoms. The molecule has 2 fully saturated rings. The summed E-state index contributed by atoms with van der Waals surface area (Å²) in [6.45, 7) is 5.09. The normalized spacial score (nSPS) is 23.0. The molecule has 0 aliphatic carbocycles. The molecule has 1 unspecified atom stereocenters. The molecule has 138 valence electrons. The minimum Gasteiger partial charge on any atom is -0.477 e. The fourth-order valence-electron chi connectivity index (χ4n) is 3.71. The van der Waals surface area contributed by atoms with Gasteiger partial charge in [-0.1, -0.05) is 17.7 Å². The average Bonchev–Trinajstić information content (AvgIpc) is 2.64. The molecule has 1 atom stereocenters. The summed E-state index contributed by atoms with van der Waals surface area (Å²) in [5.41, 5.74) is 0.411. The molecule has 3 rings (SSSR count). The lowest BCUT2D eigenvalue weighted by Crippen LogP contribution is -2.57. The van der Waals surface area contributed by atoms with Crippen LogP contribution < -0.4 is 10.1 Å². The number of carbonyl (C=O) groups excluding carboxylic acids is 1. The molecule has 0 aromatic heterocycles. The topological polar surface area (TPSA) is 50.8 Å². The number of nitrogens with one attached hydrogen (secondary N) is 1. The van der Waals surface area contributed by atoms with Gasteiger partial charge in [-0.05, 0) is 51.4 Å². The van der Waals surface area contributed by atoms with Crippen LogP contribution in [0.25, 0.3) is 0 Å². The molecule has 2 aliphatic rings. The van der Waals surface area contributed by atoms with Gasteiger partial charge in [0.25, 0.3) is 5.91 Å². The summed E-state index contributed by atoms with van der Waals surface area (Å²) >= 11 is 0. The summed E-state index contributed by atoms with van der Waals surface area (Å²) in [6, 6.07) is 7.95. The minimum atomic E-state index is -0.774. The Morgan fingerprint density at radius 3 is 2.64 bits per heavy atom. The maximum Gasteiger partial charge on any atom is 0.266 e. The zero-order valence-electron chi connectivity index (χ0n) is 15.4. The monoisotopic (exact) mass is 346 g/mol. The molecule has 2 saturated heterocycles. The van der Waals surface area contributed by atoms with Crippen LogP contribution in [-0.2, 0) is 9.53 Å². The van der Waals surface area contributed by atoms with Crippen LogP contribution in [0.3, 0.4) is 0 Å². The molecule has 2 heterocycles. The van der Waals surface area contributed by atoms with Crippen molar-refractivity contribution in [2.45, 2.75) is 50.7 Å². The van der Waals surface area contributed by atoms with E-state index in [1.807, 2.05) is 43.1 Å². The Morgan fingerprint density at radius 2 is 2.00 bits per heavy atom. The van der Waals surface area contributed by atoms with Crippen LogP contribution in [0.4, 0.5) is 0 Å². The Bertz CT molecular complexity index is 561. The molecule has 1 aromatic carbocycles. The highest BCUT2D eigenvalue weighted by molar-refractivity contribution is 5.85. The van der Waals surface area contributed by atoms with Crippen LogP contribution in [0.2, 0.25) is 0 Å². The van der Waals surface area contributed by atoms with Crippen molar-refractivity contribution in [2.24, 2.45) is 0 Å². The van der Waals surface area contributed by atoms with E-state index in [1.54, 1.807) is 0 Å². The first-order valence-corrected chi connectivity index (χ1v) is 9.43. The number of hydrogen-bond donors (Lipinski definition) is 1. The molecule has 5 heteroatoms. The summed E-state index contributed by atoms with van der Waals surface area (Å²) in [5, 5.41) is 3.33. The second kappa shape index (κ2) is 8.19. The van der Waals surface area contributed by atoms with Crippen molar-refractivity contribution in [3.05, 3.63) is 29.8 Å². The lowest BCUT2D eigenvalue weighted by atomic mass is 9.90. The maximum absolute atomic E-state index is 13.3. The van der Waals surface area contributed by atoms with Gasteiger partial charge in [0.1, 0.15) is 5.75 Å². The van der Waals surface area contributed by atoms with Crippen molar-refractivity contribution in [1.82, 2.24) is 10.2 Å². The Morgan fingerprint density at radius 1 is 1.28 bits per heavy atom. The number of nitrogens with zero attached hydrogens (tertiary/aromatic N) is 1. The highest BCUT2D eigenvalue weighted by atomic mass is 16.5. The van der Waals surface area contributed by atoms with Crippen molar-refractivity contribution in [3.8, 4) is 5.75 Å². The number of rotatable bonds is 5. The quantitative estimate of drug-likeness (QED) is 0.890. The first kappa shape index (κ1) is 18.2. The smallest absolute Gasteiger partial charge is 0.266 e. The van der Waals surface area contributed by atoms with Crippen molar-refractivity contribution in [1.29, 1.82) is 0 Å². The fraction of sp³-hybridized carbons (Fsp3) is 0.650. The van der Waals surface area contributed by atoms with E-state index in [-0.39, 0.29) is 12.0 Å². The highest BCUT2D eigenvalue weighted by Crippen LogP contribution is 2.29. The number of amides is 1. The van der Waals surface area contributed by atoms with Gasteiger partial charge in [0.15, 0.2) is 5.60 Å². The second-order valence-electron chi connectivity index (χ2n) is 7.33. The molecule has 0 spiro atoms. The number of aryl methyl sites for hydroxylation is 1. The van der Waals surface area contributed by atoms with Crippen molar-refractivity contribution < 1.29 is 14.3 Å². The van der Waals surface area contributed by atoms with Gasteiger partial charge in [-0.2, -0.15) is 0 Å². The Kier molecular flexibility index (Phi) is 5.97. The predicted molar refractivity (Wildman–Crippen MR) is 97.9 cm³/mol. The number of piperidine rings is 1. The van der Waals surface area contributed by atoms with Gasteiger partial charge in [-0.25, -0.2) is 0 Å². The van der Waals surface area contributed by atoms with Gasteiger partial charge in [0, 0.05) is 33.0 Å². The molecule has 0 radical (unpaired) electrons. The Balaban J connectivity index is 1.71. The molecule has 5 nitrogen and oxygen atoms in total. The minimum absolute atomic E-state index is 0.0729. The standard InChI is InChI=1S/C20H30N2O3/c1-16-6-8-17(9-7-16)25-20(10-12-21-13-11-20)19(23)22(2)15-18-5-3-4-14-24-18/h6-9,18,21H,3-5,10-15H2,1-2H3. The van der Waals surface area contributed by atoms with Crippen molar-refractivity contribution in [3.63, 3.8) is 0 Å². The van der Waals surface area contributed by atoms with Crippen LogP contribution in [-0.4, -0.2) is 55.8 Å². The van der Waals surface area contributed by atoms with Crippen molar-refractivity contribution in [2.75, 3.05) is 33.3 Å². The van der Waals surface area contributed by atoms with Crippen LogP contribution in [0.1, 0.15) is 37.7 Å². The number of likely N-dealkylation sites (N-methyl/N-ethyl adjacent to an activating group) is 1. The third-order valence-electron chi connectivity index (χ3n) is 5.23. The van der Waals surface area contributed by atoms with E-state index in [0.717, 1.165) is 38.3 Å². The van der Waals surface area contributed by atoms with E-state index < -0.39 is 5.60 Å². The summed E-state index contributed by atoms with van der Waals surface area (Å²) < 4.78 is 12.1. The number of hydrogen-bond acceptors (Lipinski definition) is 4. The Hall–Kier alpha value is -1.59. The van der Waals surface area contributed by atoms with Crippen LogP contribution in [0, 0.1) is 6.92 Å². The van der Waals surface area contributed by atoms with E-state index in [2.05, 4.69) is 5.32 Å². The van der Waals surface area contributed by atoms with Gasteiger partial charge in [-0.3, -0.25) is 4.79 Å². The van der Waals surface area contributed by atoms with E-state index in [0.29, 0.717) is 19.4 Å². The lowest BCUT2D eigenvalue weighted by molar-refractivity contribution is -0.151. The average molecular weight is 346 g/mol. The van der Waals surface area contributed by atoms with Crippen LogP contribution >= 0.6 is 0 Å². The lowest BCUT2D eigenvalue weighted by Gasteiger charge is -2.40. The second-order valence-corrected chi connectivity index (χ2v) is 7.33. The number of benzene rings is 1. The predicted octanol–water partition coefficient (Wildman–Crippen LogP) is 2.52. The first-order valence-electron chi connectivity index (χ1n) is 9.43. The van der Waals surface area contributed by atoms with Gasteiger partial charge in [0.2, 0.25) is 0 Å². The van der Waals surface area contributed by atoms with E-state index >= 15 is 0 Å². The molecule has 0 saturated carbocycles. The van der Waals surface area contributed by atoms with Gasteiger partial charge in [0.05, 0.1) is 6.10 Å². The number of ether oxygens (including phenoxy) is 2. The molecule has 1 N–H and O–H groups in total. The summed E-state index contributed by atoms with van der Waals surface area (Å²) in [5.74, 6) is 0.840. The van der Waals surface area contributed by atoms with Gasteiger partial charge < -0.3 is 19.7 Å². The molecule has 0 bridgehead atoms.